The van der Waals surface area contributed by atoms with Crippen LogP contribution in [0.25, 0.3) is 0 Å². The Morgan fingerprint density at radius 3 is 1.14 bits per heavy atom. The summed E-state index contributed by atoms with van der Waals surface area (Å²) in [5, 5.41) is 0. The zero-order valence-electron chi connectivity index (χ0n) is 32.7. The first-order chi connectivity index (χ1) is 24.6. The third-order valence-corrected chi connectivity index (χ3v) is 8.31. The fourth-order valence-electron chi connectivity index (χ4n) is 5.32. The second-order valence-corrected chi connectivity index (χ2v) is 14.2. The minimum Gasteiger partial charge on any atom is -0.458 e. The summed E-state index contributed by atoms with van der Waals surface area (Å²) in [6, 6.07) is 0. The van der Waals surface area contributed by atoms with Gasteiger partial charge in [-0.15, -0.1) is 0 Å². The molecule has 2 unspecified atom stereocenters. The third-order valence-electron chi connectivity index (χ3n) is 8.31. The number of carbonyl (C=O) groups is 4. The number of rotatable bonds is 36. The molecule has 2 atom stereocenters. The summed E-state index contributed by atoms with van der Waals surface area (Å²) in [7, 11) is 0. The summed E-state index contributed by atoms with van der Waals surface area (Å²) >= 11 is 0. The number of unbranched alkanes of at least 4 members (excludes halogenated alkanes) is 16. The van der Waals surface area contributed by atoms with Crippen LogP contribution in [0.5, 0.6) is 0 Å². The monoisotopic (exact) mass is 725 g/mol. The number of hydrogen-bond donors (Lipinski definition) is 0. The van der Waals surface area contributed by atoms with E-state index in [1.165, 1.54) is 77.0 Å². The van der Waals surface area contributed by atoms with E-state index in [9.17, 15) is 19.2 Å². The van der Waals surface area contributed by atoms with Crippen LogP contribution in [0.4, 0.5) is 0 Å². The summed E-state index contributed by atoms with van der Waals surface area (Å²) in [5.41, 5.74) is -0.466. The Labute approximate surface area is 309 Å². The van der Waals surface area contributed by atoms with Crippen LogP contribution in [0, 0.1) is 5.41 Å². The molecule has 0 rings (SSSR count). The number of esters is 4. The molecule has 0 amide bonds. The number of carbonyl (C=O) groups excluding carboxylic acids is 4. The molecule has 0 bridgehead atoms. The van der Waals surface area contributed by atoms with Crippen LogP contribution in [0.1, 0.15) is 156 Å². The van der Waals surface area contributed by atoms with E-state index < -0.39 is 29.6 Å². The first-order valence-corrected chi connectivity index (χ1v) is 19.7. The zero-order chi connectivity index (χ0) is 38.0. The summed E-state index contributed by atoms with van der Waals surface area (Å²) in [4.78, 5) is 48.4. The lowest BCUT2D eigenvalue weighted by Crippen LogP contribution is -2.34. The zero-order valence-corrected chi connectivity index (χ0v) is 32.7. The molecule has 0 N–H and O–H groups in total. The van der Waals surface area contributed by atoms with E-state index >= 15 is 0 Å². The van der Waals surface area contributed by atoms with Crippen molar-refractivity contribution in [3.05, 3.63) is 25.3 Å². The van der Waals surface area contributed by atoms with Crippen molar-refractivity contribution >= 4 is 23.9 Å². The molecular weight excluding hydrogens is 652 g/mol. The predicted molar refractivity (Wildman–Crippen MR) is 201 cm³/mol. The van der Waals surface area contributed by atoms with Crippen LogP contribution in [0.2, 0.25) is 0 Å². The highest BCUT2D eigenvalue weighted by Crippen LogP contribution is 2.18. The highest BCUT2D eigenvalue weighted by Gasteiger charge is 2.24. The number of hydrogen-bond acceptors (Lipinski definition) is 10. The maximum atomic E-state index is 12.5. The Morgan fingerprint density at radius 1 is 0.510 bits per heavy atom. The molecular formula is C41H72O10. The minimum atomic E-state index is -0.759. The quantitative estimate of drug-likeness (QED) is 0.0267. The van der Waals surface area contributed by atoms with Crippen LogP contribution in [-0.4, -0.2) is 75.7 Å². The van der Waals surface area contributed by atoms with Gasteiger partial charge in [0.25, 0.3) is 0 Å². The molecule has 0 aromatic rings. The molecule has 0 aromatic carbocycles. The Hall–Kier alpha value is -2.72. The minimum absolute atomic E-state index is 0.0357. The fourth-order valence-corrected chi connectivity index (χ4v) is 5.32. The molecule has 0 radical (unpaired) electrons. The van der Waals surface area contributed by atoms with Crippen molar-refractivity contribution in [2.45, 2.75) is 168 Å². The van der Waals surface area contributed by atoms with Gasteiger partial charge in [-0.2, -0.15) is 0 Å². The first kappa shape index (κ1) is 48.3. The molecule has 10 nitrogen and oxygen atoms in total. The Morgan fingerprint density at radius 2 is 0.824 bits per heavy atom. The van der Waals surface area contributed by atoms with Gasteiger partial charge in [0.15, 0.2) is 12.2 Å². The fraction of sp³-hybridized carbons (Fsp3) is 0.805. The molecule has 296 valence electrons. The van der Waals surface area contributed by atoms with Gasteiger partial charge in [0, 0.05) is 30.4 Å². The van der Waals surface area contributed by atoms with Crippen molar-refractivity contribution in [1.29, 1.82) is 0 Å². The van der Waals surface area contributed by atoms with Crippen LogP contribution >= 0.6 is 0 Å². The summed E-state index contributed by atoms with van der Waals surface area (Å²) in [6.45, 7) is 15.4. The van der Waals surface area contributed by atoms with Crippen molar-refractivity contribution < 1.29 is 47.6 Å². The summed E-state index contributed by atoms with van der Waals surface area (Å²) in [6.07, 6.45) is 21.9. The molecule has 51 heavy (non-hydrogen) atoms. The molecule has 0 fully saturated rings. The molecule has 0 aromatic heterocycles. The van der Waals surface area contributed by atoms with E-state index in [1.807, 2.05) is 13.8 Å². The van der Waals surface area contributed by atoms with Crippen molar-refractivity contribution in [3.8, 4) is 0 Å². The van der Waals surface area contributed by atoms with Crippen molar-refractivity contribution in [1.82, 2.24) is 0 Å². The largest absolute Gasteiger partial charge is 0.458 e. The lowest BCUT2D eigenvalue weighted by molar-refractivity contribution is -0.163. The topological polar surface area (TPSA) is 124 Å². The van der Waals surface area contributed by atoms with Gasteiger partial charge in [-0.3, -0.25) is 9.59 Å². The van der Waals surface area contributed by atoms with Crippen molar-refractivity contribution in [3.63, 3.8) is 0 Å². The Balaban J connectivity index is 4.67. The first-order valence-electron chi connectivity index (χ1n) is 19.7. The molecule has 0 heterocycles. The van der Waals surface area contributed by atoms with Crippen LogP contribution in [0.3, 0.4) is 0 Å². The highest BCUT2D eigenvalue weighted by atomic mass is 16.6. The van der Waals surface area contributed by atoms with Crippen molar-refractivity contribution in [2.75, 3.05) is 39.6 Å². The Kier molecular flexibility index (Phi) is 31.4. The van der Waals surface area contributed by atoms with Gasteiger partial charge < -0.3 is 28.4 Å². The van der Waals surface area contributed by atoms with Gasteiger partial charge in [-0.25, -0.2) is 9.59 Å². The summed E-state index contributed by atoms with van der Waals surface area (Å²) in [5.74, 6) is -1.91. The van der Waals surface area contributed by atoms with Crippen LogP contribution in [-0.2, 0) is 47.6 Å². The molecule has 10 heteroatoms. The molecule has 0 saturated heterocycles. The lowest BCUT2D eigenvalue weighted by Gasteiger charge is -2.27. The van der Waals surface area contributed by atoms with Crippen LogP contribution < -0.4 is 0 Å². The maximum absolute atomic E-state index is 12.5. The third kappa shape index (κ3) is 31.7. The van der Waals surface area contributed by atoms with Gasteiger partial charge >= 0.3 is 23.9 Å². The van der Waals surface area contributed by atoms with E-state index in [0.717, 1.165) is 50.7 Å². The van der Waals surface area contributed by atoms with Crippen LogP contribution in [0.15, 0.2) is 25.3 Å². The average molecular weight is 725 g/mol. The second-order valence-electron chi connectivity index (χ2n) is 14.2. The van der Waals surface area contributed by atoms with E-state index in [-0.39, 0.29) is 51.6 Å². The SMILES string of the molecule is C=CC(=O)OCC(COCC(C)(C)COCC(COC(=O)C=C)OC(=O)CCCCCCCCCCC)OC(=O)CCCCCCCCCCC. The molecule has 0 spiro atoms. The maximum Gasteiger partial charge on any atom is 0.330 e. The number of ether oxygens (including phenoxy) is 6. The predicted octanol–water partition coefficient (Wildman–Crippen LogP) is 9.17. The summed E-state index contributed by atoms with van der Waals surface area (Å²) < 4.78 is 33.3. The van der Waals surface area contributed by atoms with Gasteiger partial charge in [-0.1, -0.05) is 144 Å². The Bertz CT molecular complexity index is 859. The molecule has 0 aliphatic rings. The lowest BCUT2D eigenvalue weighted by atomic mass is 9.96. The standard InChI is InChI=1S/C41H72O10/c1-7-11-13-15-17-19-21-23-25-27-39(44)50-35(31-48-37(42)9-3)29-46-33-41(5,6)34-47-30-36(32-49-38(43)10-4)51-40(45)28-26-24-22-20-18-16-14-12-8-2/h9-10,35-36H,3-4,7-8,11-34H2,1-2,5-6H3. The van der Waals surface area contributed by atoms with Gasteiger partial charge in [0.2, 0.25) is 0 Å². The van der Waals surface area contributed by atoms with E-state index in [0.29, 0.717) is 12.8 Å². The highest BCUT2D eigenvalue weighted by molar-refractivity contribution is 5.81. The average Bonchev–Trinajstić information content (AvgIpc) is 3.10. The molecule has 0 saturated carbocycles. The van der Waals surface area contributed by atoms with Gasteiger partial charge in [0.05, 0.1) is 26.4 Å². The van der Waals surface area contributed by atoms with Gasteiger partial charge in [0.1, 0.15) is 13.2 Å². The van der Waals surface area contributed by atoms with E-state index in [2.05, 4.69) is 27.0 Å². The molecule has 0 aliphatic carbocycles. The second kappa shape index (κ2) is 33.1. The normalized spacial score (nSPS) is 12.5. The molecule has 0 aliphatic heterocycles. The van der Waals surface area contributed by atoms with Crippen molar-refractivity contribution in [2.24, 2.45) is 5.41 Å². The van der Waals surface area contributed by atoms with Gasteiger partial charge in [-0.05, 0) is 12.8 Å². The smallest absolute Gasteiger partial charge is 0.330 e. The van der Waals surface area contributed by atoms with E-state index in [1.54, 1.807) is 0 Å². The van der Waals surface area contributed by atoms with E-state index in [4.69, 9.17) is 28.4 Å².